The van der Waals surface area contributed by atoms with Gasteiger partial charge in [0.15, 0.2) is 0 Å². The first kappa shape index (κ1) is 18.2. The molecule has 2 heterocycles. The monoisotopic (exact) mass is 382 g/mol. The van der Waals surface area contributed by atoms with Crippen LogP contribution in [0.4, 0.5) is 5.13 Å². The number of hydrogen-bond donors (Lipinski definition) is 0. The van der Waals surface area contributed by atoms with E-state index >= 15 is 0 Å². The zero-order chi connectivity index (χ0) is 17.9. The molecule has 136 valence electrons. The molecule has 0 aliphatic carbocycles. The van der Waals surface area contributed by atoms with Gasteiger partial charge in [-0.15, -0.1) is 0 Å². The van der Waals surface area contributed by atoms with E-state index in [0.717, 1.165) is 16.5 Å². The lowest BCUT2D eigenvalue weighted by atomic mass is 10.2. The van der Waals surface area contributed by atoms with Crippen LogP contribution in [0.3, 0.4) is 0 Å². The van der Waals surface area contributed by atoms with E-state index in [1.165, 1.54) is 11.5 Å². The maximum absolute atomic E-state index is 12.7. The molecule has 0 bridgehead atoms. The van der Waals surface area contributed by atoms with Crippen molar-refractivity contribution >= 4 is 26.7 Å². The molecule has 1 aliphatic rings. The number of sulfonamides is 1. The van der Waals surface area contributed by atoms with Gasteiger partial charge < -0.3 is 9.64 Å². The van der Waals surface area contributed by atoms with Gasteiger partial charge in [-0.1, -0.05) is 17.7 Å². The molecule has 25 heavy (non-hydrogen) atoms. The maximum Gasteiger partial charge on any atom is 0.243 e. The van der Waals surface area contributed by atoms with Crippen molar-refractivity contribution < 1.29 is 13.2 Å². The van der Waals surface area contributed by atoms with E-state index < -0.39 is 10.0 Å². The molecule has 0 unspecified atom stereocenters. The van der Waals surface area contributed by atoms with Crippen molar-refractivity contribution in [1.82, 2.24) is 13.7 Å². The molecule has 1 aromatic carbocycles. The Bertz CT molecular complexity index is 797. The third kappa shape index (κ3) is 4.17. The zero-order valence-electron chi connectivity index (χ0n) is 14.4. The second kappa shape index (κ2) is 7.77. The number of nitrogens with zero attached hydrogens (tertiary/aromatic N) is 4. The molecular weight excluding hydrogens is 360 g/mol. The maximum atomic E-state index is 12.7. The zero-order valence-corrected chi connectivity index (χ0v) is 16.0. The average Bonchev–Trinajstić information content (AvgIpc) is 3.09. The van der Waals surface area contributed by atoms with E-state index in [1.807, 2.05) is 19.1 Å². The average molecular weight is 383 g/mol. The summed E-state index contributed by atoms with van der Waals surface area (Å²) in [6.07, 6.45) is 0.689. The fraction of sp³-hybridized carbons (Fsp3) is 0.500. The van der Waals surface area contributed by atoms with Crippen molar-refractivity contribution in [3.8, 4) is 0 Å². The topological polar surface area (TPSA) is 75.6 Å². The lowest BCUT2D eigenvalue weighted by Crippen LogP contribution is -2.48. The van der Waals surface area contributed by atoms with Gasteiger partial charge in [0, 0.05) is 51.2 Å². The Kier molecular flexibility index (Phi) is 5.67. The first-order chi connectivity index (χ1) is 12.0. The third-order valence-electron chi connectivity index (χ3n) is 4.16. The van der Waals surface area contributed by atoms with Gasteiger partial charge in [-0.2, -0.15) is 8.68 Å². The number of rotatable bonds is 6. The van der Waals surface area contributed by atoms with Crippen LogP contribution in [-0.4, -0.2) is 62.0 Å². The summed E-state index contributed by atoms with van der Waals surface area (Å²) in [5.41, 5.74) is 1.05. The van der Waals surface area contributed by atoms with Gasteiger partial charge in [0.25, 0.3) is 0 Å². The van der Waals surface area contributed by atoms with Crippen LogP contribution in [0.15, 0.2) is 29.2 Å². The minimum absolute atomic E-state index is 0.351. The van der Waals surface area contributed by atoms with Gasteiger partial charge >= 0.3 is 0 Å². The molecule has 0 spiro atoms. The van der Waals surface area contributed by atoms with E-state index in [9.17, 15) is 8.42 Å². The van der Waals surface area contributed by atoms with Crippen molar-refractivity contribution in [3.05, 3.63) is 35.7 Å². The second-order valence-corrected chi connectivity index (χ2v) is 8.61. The highest BCUT2D eigenvalue weighted by molar-refractivity contribution is 7.89. The smallest absolute Gasteiger partial charge is 0.243 e. The van der Waals surface area contributed by atoms with E-state index in [2.05, 4.69) is 14.3 Å². The van der Waals surface area contributed by atoms with Crippen LogP contribution in [0.2, 0.25) is 0 Å². The van der Waals surface area contributed by atoms with Crippen molar-refractivity contribution in [1.29, 1.82) is 0 Å². The molecule has 3 rings (SSSR count). The molecule has 1 aliphatic heterocycles. The van der Waals surface area contributed by atoms with Crippen molar-refractivity contribution in [2.24, 2.45) is 0 Å². The van der Waals surface area contributed by atoms with Gasteiger partial charge in [-0.25, -0.2) is 13.4 Å². The van der Waals surface area contributed by atoms with Gasteiger partial charge in [-0.05, 0) is 19.1 Å². The Hall–Kier alpha value is -1.55. The molecule has 0 amide bonds. The van der Waals surface area contributed by atoms with Crippen LogP contribution in [0.5, 0.6) is 0 Å². The highest BCUT2D eigenvalue weighted by atomic mass is 32.2. The van der Waals surface area contributed by atoms with E-state index in [1.54, 1.807) is 23.5 Å². The molecule has 1 aromatic heterocycles. The second-order valence-electron chi connectivity index (χ2n) is 5.94. The Morgan fingerprint density at radius 1 is 1.16 bits per heavy atom. The highest BCUT2D eigenvalue weighted by Gasteiger charge is 2.29. The number of aromatic nitrogens is 2. The normalized spacial score (nSPS) is 16.3. The van der Waals surface area contributed by atoms with Crippen LogP contribution in [-0.2, 0) is 21.2 Å². The summed E-state index contributed by atoms with van der Waals surface area (Å²) in [6.45, 7) is 4.66. The number of ether oxygens (including phenoxy) is 1. The molecule has 0 saturated carbocycles. The van der Waals surface area contributed by atoms with Crippen LogP contribution < -0.4 is 4.90 Å². The Balaban J connectivity index is 1.63. The van der Waals surface area contributed by atoms with Crippen molar-refractivity contribution in [2.75, 3.05) is 44.8 Å². The quantitative estimate of drug-likeness (QED) is 0.754. The standard InChI is InChI=1S/C16H22N4O3S2/c1-13-3-5-14(6-4-13)25(21,22)20-10-8-19(9-11-20)16-17-15(18-24-16)7-12-23-2/h3-6H,7-12H2,1-2H3. The lowest BCUT2D eigenvalue weighted by molar-refractivity contribution is 0.201. The largest absolute Gasteiger partial charge is 0.384 e. The Morgan fingerprint density at radius 2 is 1.84 bits per heavy atom. The summed E-state index contributed by atoms with van der Waals surface area (Å²) in [5, 5.41) is 0.846. The lowest BCUT2D eigenvalue weighted by Gasteiger charge is -2.33. The Morgan fingerprint density at radius 3 is 2.48 bits per heavy atom. The summed E-state index contributed by atoms with van der Waals surface area (Å²) >= 11 is 1.35. The van der Waals surface area contributed by atoms with E-state index in [-0.39, 0.29) is 0 Å². The number of aryl methyl sites for hydroxylation is 1. The molecule has 1 fully saturated rings. The van der Waals surface area contributed by atoms with Crippen LogP contribution >= 0.6 is 11.5 Å². The van der Waals surface area contributed by atoms with Gasteiger partial charge in [0.05, 0.1) is 11.5 Å². The molecule has 2 aromatic rings. The van der Waals surface area contributed by atoms with Gasteiger partial charge in [-0.3, -0.25) is 0 Å². The first-order valence-corrected chi connectivity index (χ1v) is 10.4. The Labute approximate surface area is 152 Å². The number of piperazine rings is 1. The minimum atomic E-state index is -3.43. The van der Waals surface area contributed by atoms with Crippen molar-refractivity contribution in [3.63, 3.8) is 0 Å². The van der Waals surface area contributed by atoms with Gasteiger partial charge in [0.2, 0.25) is 15.2 Å². The van der Waals surface area contributed by atoms with Crippen LogP contribution in [0.25, 0.3) is 0 Å². The number of benzene rings is 1. The molecule has 9 heteroatoms. The van der Waals surface area contributed by atoms with Gasteiger partial charge in [0.1, 0.15) is 5.82 Å². The third-order valence-corrected chi connectivity index (χ3v) is 6.88. The predicted molar refractivity (Wildman–Crippen MR) is 97.6 cm³/mol. The molecule has 7 nitrogen and oxygen atoms in total. The predicted octanol–water partition coefficient (Wildman–Crippen LogP) is 1.55. The molecule has 0 radical (unpaired) electrons. The number of methoxy groups -OCH3 is 1. The summed E-state index contributed by atoms with van der Waals surface area (Å²) < 4.78 is 36.4. The number of anilines is 1. The van der Waals surface area contributed by atoms with E-state index in [0.29, 0.717) is 44.1 Å². The first-order valence-electron chi connectivity index (χ1n) is 8.14. The fourth-order valence-electron chi connectivity index (χ4n) is 2.65. The molecule has 0 N–H and O–H groups in total. The van der Waals surface area contributed by atoms with Crippen molar-refractivity contribution in [2.45, 2.75) is 18.2 Å². The summed E-state index contributed by atoms with van der Waals surface area (Å²) in [6, 6.07) is 6.99. The van der Waals surface area contributed by atoms with E-state index in [4.69, 9.17) is 4.74 Å². The summed E-state index contributed by atoms with van der Waals surface area (Å²) in [5.74, 6) is 0.775. The van der Waals surface area contributed by atoms with Crippen LogP contribution in [0.1, 0.15) is 11.4 Å². The fourth-order valence-corrected chi connectivity index (χ4v) is 4.83. The summed E-state index contributed by atoms with van der Waals surface area (Å²) in [4.78, 5) is 6.96. The number of hydrogen-bond acceptors (Lipinski definition) is 7. The SMILES string of the molecule is COCCc1nsc(N2CCN(S(=O)(=O)c3ccc(C)cc3)CC2)n1. The minimum Gasteiger partial charge on any atom is -0.384 e. The molecular formula is C16H22N4O3S2. The highest BCUT2D eigenvalue weighted by Crippen LogP contribution is 2.22. The van der Waals surface area contributed by atoms with Crippen LogP contribution in [0, 0.1) is 6.92 Å². The molecule has 1 saturated heterocycles. The summed E-state index contributed by atoms with van der Waals surface area (Å²) in [7, 11) is -1.78. The molecule has 0 atom stereocenters.